The second-order valence-electron chi connectivity index (χ2n) is 9.03. The zero-order valence-corrected chi connectivity index (χ0v) is 18.8. The van der Waals surface area contributed by atoms with Crippen molar-refractivity contribution in [3.05, 3.63) is 81.8 Å². The molecule has 1 fully saturated rings. The molecular weight excluding hydrogens is 433 g/mol. The molecule has 34 heavy (non-hydrogen) atoms. The lowest BCUT2D eigenvalue weighted by Gasteiger charge is -2.36. The Morgan fingerprint density at radius 2 is 2.21 bits per heavy atom. The zero-order valence-electron chi connectivity index (χ0n) is 21.8. The molecule has 0 saturated carbocycles. The highest BCUT2D eigenvalue weighted by Gasteiger charge is 2.23. The molecule has 0 unspecified atom stereocenters. The van der Waals surface area contributed by atoms with E-state index in [2.05, 4.69) is 22.2 Å². The van der Waals surface area contributed by atoms with Crippen molar-refractivity contribution >= 4 is 22.5 Å². The van der Waals surface area contributed by atoms with Crippen molar-refractivity contribution < 1.29 is 13.3 Å². The third-order valence-electron chi connectivity index (χ3n) is 6.44. The summed E-state index contributed by atoms with van der Waals surface area (Å²) in [6, 6.07) is 10.5. The molecule has 1 aliphatic rings. The smallest absolute Gasteiger partial charge is 0.270 e. The molecule has 4 aromatic rings. The number of H-pyrrole nitrogens is 1. The third-order valence-corrected chi connectivity index (χ3v) is 6.44. The van der Waals surface area contributed by atoms with Crippen LogP contribution in [0.1, 0.15) is 52.5 Å². The van der Waals surface area contributed by atoms with Crippen molar-refractivity contribution in [3.63, 3.8) is 0 Å². The Balaban J connectivity index is 1.32. The number of amides is 1. The fourth-order valence-electron chi connectivity index (χ4n) is 4.51. The predicted octanol–water partition coefficient (Wildman–Crippen LogP) is 3.87. The first kappa shape index (κ1) is 18.9. The van der Waals surface area contributed by atoms with Gasteiger partial charge in [-0.25, -0.2) is 9.37 Å². The second-order valence-corrected chi connectivity index (χ2v) is 9.03. The molecule has 0 radical (unpaired) electrons. The van der Waals surface area contributed by atoms with Gasteiger partial charge in [-0.15, -0.1) is 0 Å². The van der Waals surface area contributed by atoms with Crippen LogP contribution in [0.4, 0.5) is 4.39 Å². The number of aromatic nitrogens is 3. The average Bonchev–Trinajstić information content (AvgIpc) is 3.23. The van der Waals surface area contributed by atoms with Crippen LogP contribution in [0.15, 0.2) is 53.5 Å². The van der Waals surface area contributed by atoms with Crippen LogP contribution in [0, 0.1) is 11.7 Å². The van der Waals surface area contributed by atoms with E-state index < -0.39 is 24.6 Å². The summed E-state index contributed by atoms with van der Waals surface area (Å²) in [6.45, 7) is 1.05. The van der Waals surface area contributed by atoms with Crippen molar-refractivity contribution in [3.8, 4) is 0 Å². The van der Waals surface area contributed by atoms with E-state index in [9.17, 15) is 14.0 Å². The monoisotopic (exact) mass is 464 g/mol. The molecule has 1 saturated heterocycles. The predicted molar refractivity (Wildman–Crippen MR) is 129 cm³/mol. The quantitative estimate of drug-likeness (QED) is 0.470. The Bertz CT molecular complexity index is 1530. The lowest BCUT2D eigenvalue weighted by Crippen LogP contribution is -2.39. The molecule has 0 spiro atoms. The molecule has 176 valence electrons. The van der Waals surface area contributed by atoms with E-state index in [0.717, 1.165) is 18.2 Å². The molecule has 5 rings (SSSR count). The second kappa shape index (κ2) is 9.02. The number of nitrogens with zero attached hydrogens (tertiary/aromatic N) is 3. The first-order chi connectivity index (χ1) is 17.6. The van der Waals surface area contributed by atoms with Crippen LogP contribution in [0.2, 0.25) is 0 Å². The van der Waals surface area contributed by atoms with Crippen LogP contribution in [-0.2, 0) is 13.1 Å². The van der Waals surface area contributed by atoms with Crippen molar-refractivity contribution in [2.75, 3.05) is 6.54 Å². The summed E-state index contributed by atoms with van der Waals surface area (Å²) in [4.78, 5) is 34.4. The van der Waals surface area contributed by atoms with E-state index in [4.69, 9.17) is 4.11 Å². The standard InChI is InChI=1S/C26H28FN5O2/c1-16-6-8-31(17(2)9-16)15-20-10-18-11-21(27)19(12-22(18)29-20)14-28-26(34)23-13-25(33)32-7-4-3-5-24(32)30-23/h3-5,7,10-13,16-17,29H,6,8-9,14-15H2,1-2H3,(H,28,34)/t16-,17-/m0/s1/i2D3. The van der Waals surface area contributed by atoms with E-state index in [0.29, 0.717) is 42.0 Å². The zero-order chi connectivity index (χ0) is 26.3. The number of carbonyl (C=O) groups is 1. The number of fused-ring (bicyclic) bond motifs is 2. The summed E-state index contributed by atoms with van der Waals surface area (Å²) in [7, 11) is 0. The summed E-state index contributed by atoms with van der Waals surface area (Å²) in [5.74, 6) is -0.692. The normalized spacial score (nSPS) is 20.7. The molecule has 1 aromatic carbocycles. The van der Waals surface area contributed by atoms with E-state index in [-0.39, 0.29) is 23.4 Å². The Morgan fingerprint density at radius 3 is 3.06 bits per heavy atom. The molecule has 1 aliphatic heterocycles. The number of carbonyl (C=O) groups excluding carboxylic acids is 1. The topological polar surface area (TPSA) is 82.5 Å². The maximum Gasteiger partial charge on any atom is 0.270 e. The van der Waals surface area contributed by atoms with Crippen molar-refractivity contribution in [2.24, 2.45) is 5.92 Å². The van der Waals surface area contributed by atoms with Crippen LogP contribution in [0.5, 0.6) is 0 Å². The highest BCUT2D eigenvalue weighted by Crippen LogP contribution is 2.26. The van der Waals surface area contributed by atoms with Gasteiger partial charge in [-0.3, -0.25) is 18.9 Å². The number of nitrogens with one attached hydrogen (secondary N) is 2. The van der Waals surface area contributed by atoms with Crippen LogP contribution in [0.3, 0.4) is 0 Å². The molecule has 7 nitrogen and oxygen atoms in total. The van der Waals surface area contributed by atoms with Crippen LogP contribution in [0.25, 0.3) is 16.6 Å². The maximum absolute atomic E-state index is 14.9. The van der Waals surface area contributed by atoms with Gasteiger partial charge in [0.15, 0.2) is 0 Å². The highest BCUT2D eigenvalue weighted by molar-refractivity contribution is 5.92. The van der Waals surface area contributed by atoms with Crippen LogP contribution >= 0.6 is 0 Å². The number of halogens is 1. The van der Waals surface area contributed by atoms with E-state index in [1.54, 1.807) is 30.5 Å². The average molecular weight is 465 g/mol. The lowest BCUT2D eigenvalue weighted by molar-refractivity contribution is 0.0945. The largest absolute Gasteiger partial charge is 0.357 e. The minimum Gasteiger partial charge on any atom is -0.357 e. The SMILES string of the molecule is [2H]C([2H])([2H])[C@H]1C[C@@H](C)CCN1Cc1cc2cc(F)c(CNC(=O)c3cc(=O)n4ccccc4n3)cc2[nH]1. The fourth-order valence-corrected chi connectivity index (χ4v) is 4.51. The van der Waals surface area contributed by atoms with Gasteiger partial charge < -0.3 is 10.3 Å². The minimum atomic E-state index is -2.07. The number of rotatable bonds is 5. The van der Waals surface area contributed by atoms with Gasteiger partial charge in [0.25, 0.3) is 11.5 Å². The molecule has 0 bridgehead atoms. The summed E-state index contributed by atoms with van der Waals surface area (Å²) in [5, 5.41) is 3.31. The van der Waals surface area contributed by atoms with E-state index in [1.165, 1.54) is 10.5 Å². The highest BCUT2D eigenvalue weighted by atomic mass is 19.1. The first-order valence-electron chi connectivity index (χ1n) is 12.9. The third kappa shape index (κ3) is 4.46. The molecule has 2 N–H and O–H groups in total. The van der Waals surface area contributed by atoms with E-state index >= 15 is 0 Å². The molecule has 8 heteroatoms. The maximum atomic E-state index is 14.9. The Kier molecular flexibility index (Phi) is 5.00. The summed E-state index contributed by atoms with van der Waals surface area (Å²) < 4.78 is 40.0. The number of likely N-dealkylation sites (tertiary alicyclic amines) is 1. The molecule has 0 aliphatic carbocycles. The molecule has 3 aromatic heterocycles. The number of pyridine rings is 1. The van der Waals surface area contributed by atoms with Gasteiger partial charge in [-0.1, -0.05) is 13.0 Å². The Morgan fingerprint density at radius 1 is 1.32 bits per heavy atom. The van der Waals surface area contributed by atoms with Gasteiger partial charge in [0.1, 0.15) is 17.2 Å². The van der Waals surface area contributed by atoms with Crippen LogP contribution < -0.4 is 10.9 Å². The van der Waals surface area contributed by atoms with Crippen LogP contribution in [-0.4, -0.2) is 37.8 Å². The Labute approximate surface area is 200 Å². The van der Waals surface area contributed by atoms with Crippen molar-refractivity contribution in [2.45, 2.75) is 45.7 Å². The van der Waals surface area contributed by atoms with Gasteiger partial charge in [0.2, 0.25) is 0 Å². The number of hydrogen-bond acceptors (Lipinski definition) is 4. The number of hydrogen-bond donors (Lipinski definition) is 2. The van der Waals surface area contributed by atoms with Gasteiger partial charge >= 0.3 is 0 Å². The molecule has 4 heterocycles. The lowest BCUT2D eigenvalue weighted by atomic mass is 9.93. The number of benzene rings is 1. The molecule has 2 atom stereocenters. The Hall–Kier alpha value is -3.52. The first-order valence-corrected chi connectivity index (χ1v) is 11.4. The van der Waals surface area contributed by atoms with Gasteiger partial charge in [0, 0.05) is 57.7 Å². The van der Waals surface area contributed by atoms with Gasteiger partial charge in [0.05, 0.1) is 0 Å². The van der Waals surface area contributed by atoms with Crippen molar-refractivity contribution in [1.29, 1.82) is 0 Å². The van der Waals surface area contributed by atoms with Crippen molar-refractivity contribution in [1.82, 2.24) is 24.6 Å². The summed E-state index contributed by atoms with van der Waals surface area (Å²) in [6.07, 6.45) is 3.12. The fraction of sp³-hybridized carbons (Fsp3) is 0.346. The van der Waals surface area contributed by atoms with Gasteiger partial charge in [-0.2, -0.15) is 0 Å². The number of piperidine rings is 1. The molecular formula is C26H28FN5O2. The summed E-state index contributed by atoms with van der Waals surface area (Å²) in [5.41, 5.74) is 1.69. The minimum absolute atomic E-state index is 0.0421. The summed E-state index contributed by atoms with van der Waals surface area (Å²) >= 11 is 0. The number of aromatic amines is 1. The van der Waals surface area contributed by atoms with E-state index in [1.807, 2.05) is 11.0 Å². The molecule has 1 amide bonds. The van der Waals surface area contributed by atoms with Gasteiger partial charge in [-0.05, 0) is 62.5 Å².